The number of aromatic amines is 1. The van der Waals surface area contributed by atoms with Gasteiger partial charge < -0.3 is 16.0 Å². The Labute approximate surface area is 115 Å². The molecule has 0 spiro atoms. The van der Waals surface area contributed by atoms with Crippen LogP contribution >= 0.6 is 0 Å². The van der Waals surface area contributed by atoms with Crippen LogP contribution in [0.15, 0.2) is 48.5 Å². The van der Waals surface area contributed by atoms with Crippen molar-refractivity contribution in [2.24, 2.45) is 0 Å². The second-order valence-corrected chi connectivity index (χ2v) is 4.30. The highest BCUT2D eigenvalue weighted by Gasteiger charge is 2.06. The SMILES string of the molecule is Nc1ccc(NC(=O)Nc2nc3ccccc3[nH]2)cc1. The molecular formula is C14H13N5O. The molecule has 3 aromatic rings. The number of nitrogens with one attached hydrogen (secondary N) is 3. The fraction of sp³-hybridized carbons (Fsp3) is 0. The summed E-state index contributed by atoms with van der Waals surface area (Å²) in [6, 6.07) is 14.1. The van der Waals surface area contributed by atoms with Gasteiger partial charge >= 0.3 is 6.03 Å². The molecule has 2 amide bonds. The van der Waals surface area contributed by atoms with Crippen molar-refractivity contribution in [1.82, 2.24) is 9.97 Å². The molecule has 1 aromatic heterocycles. The van der Waals surface area contributed by atoms with Gasteiger partial charge in [-0.2, -0.15) is 0 Å². The molecule has 0 aliphatic rings. The molecule has 3 rings (SSSR count). The van der Waals surface area contributed by atoms with Crippen LogP contribution in [0, 0.1) is 0 Å². The fourth-order valence-electron chi connectivity index (χ4n) is 1.85. The maximum Gasteiger partial charge on any atom is 0.326 e. The Kier molecular flexibility index (Phi) is 2.96. The summed E-state index contributed by atoms with van der Waals surface area (Å²) in [5.41, 5.74) is 8.56. The molecule has 5 N–H and O–H groups in total. The molecular weight excluding hydrogens is 254 g/mol. The normalized spacial score (nSPS) is 10.4. The van der Waals surface area contributed by atoms with Crippen LogP contribution in [0.4, 0.5) is 22.1 Å². The van der Waals surface area contributed by atoms with Gasteiger partial charge in [-0.3, -0.25) is 5.32 Å². The number of urea groups is 1. The second kappa shape index (κ2) is 4.93. The largest absolute Gasteiger partial charge is 0.399 e. The van der Waals surface area contributed by atoms with Gasteiger partial charge in [-0.1, -0.05) is 12.1 Å². The zero-order valence-corrected chi connectivity index (χ0v) is 10.6. The number of carbonyl (C=O) groups is 1. The standard InChI is InChI=1S/C14H13N5O/c15-9-5-7-10(8-6-9)16-14(20)19-13-17-11-3-1-2-4-12(11)18-13/h1-8H,15H2,(H3,16,17,18,19,20). The molecule has 0 unspecified atom stereocenters. The Morgan fingerprint density at radius 3 is 2.55 bits per heavy atom. The third kappa shape index (κ3) is 2.54. The van der Waals surface area contributed by atoms with E-state index in [1.807, 2.05) is 24.3 Å². The minimum absolute atomic E-state index is 0.367. The fourth-order valence-corrected chi connectivity index (χ4v) is 1.85. The summed E-state index contributed by atoms with van der Waals surface area (Å²) >= 11 is 0. The first kappa shape index (κ1) is 12.0. The van der Waals surface area contributed by atoms with Crippen molar-refractivity contribution >= 4 is 34.4 Å². The van der Waals surface area contributed by atoms with E-state index in [0.717, 1.165) is 11.0 Å². The average Bonchev–Trinajstić information content (AvgIpc) is 2.83. The van der Waals surface area contributed by atoms with Gasteiger partial charge in [0.25, 0.3) is 0 Å². The van der Waals surface area contributed by atoms with Gasteiger partial charge in [-0.05, 0) is 36.4 Å². The molecule has 0 fully saturated rings. The first-order valence-electron chi connectivity index (χ1n) is 6.09. The van der Waals surface area contributed by atoms with Crippen LogP contribution in [-0.2, 0) is 0 Å². The van der Waals surface area contributed by atoms with Crippen LogP contribution in [0.25, 0.3) is 11.0 Å². The number of nitrogens with zero attached hydrogens (tertiary/aromatic N) is 1. The maximum absolute atomic E-state index is 11.8. The van der Waals surface area contributed by atoms with Crippen molar-refractivity contribution in [2.75, 3.05) is 16.4 Å². The predicted molar refractivity (Wildman–Crippen MR) is 79.6 cm³/mol. The van der Waals surface area contributed by atoms with E-state index in [1.54, 1.807) is 24.3 Å². The van der Waals surface area contributed by atoms with Crippen molar-refractivity contribution in [3.63, 3.8) is 0 Å². The van der Waals surface area contributed by atoms with Crippen LogP contribution in [-0.4, -0.2) is 16.0 Å². The molecule has 6 nitrogen and oxygen atoms in total. The van der Waals surface area contributed by atoms with E-state index in [4.69, 9.17) is 5.73 Å². The van der Waals surface area contributed by atoms with E-state index in [2.05, 4.69) is 20.6 Å². The van der Waals surface area contributed by atoms with E-state index in [9.17, 15) is 4.79 Å². The zero-order valence-electron chi connectivity index (χ0n) is 10.6. The molecule has 0 aliphatic heterocycles. The van der Waals surface area contributed by atoms with Crippen molar-refractivity contribution in [3.8, 4) is 0 Å². The summed E-state index contributed by atoms with van der Waals surface area (Å²) < 4.78 is 0. The topological polar surface area (TPSA) is 95.8 Å². The van der Waals surface area contributed by atoms with Gasteiger partial charge in [-0.25, -0.2) is 9.78 Å². The van der Waals surface area contributed by atoms with E-state index in [0.29, 0.717) is 17.3 Å². The molecule has 0 atom stereocenters. The first-order chi connectivity index (χ1) is 9.70. The van der Waals surface area contributed by atoms with Crippen LogP contribution < -0.4 is 16.4 Å². The number of aromatic nitrogens is 2. The molecule has 100 valence electrons. The van der Waals surface area contributed by atoms with Crippen molar-refractivity contribution in [2.45, 2.75) is 0 Å². The highest BCUT2D eigenvalue weighted by molar-refractivity contribution is 5.99. The third-order valence-corrected chi connectivity index (χ3v) is 2.79. The quantitative estimate of drug-likeness (QED) is 0.537. The van der Waals surface area contributed by atoms with E-state index in [-0.39, 0.29) is 6.03 Å². The number of nitrogen functional groups attached to an aromatic ring is 1. The number of hydrogen-bond acceptors (Lipinski definition) is 3. The van der Waals surface area contributed by atoms with E-state index < -0.39 is 0 Å². The van der Waals surface area contributed by atoms with Crippen LogP contribution in [0.3, 0.4) is 0 Å². The number of benzene rings is 2. The Morgan fingerprint density at radius 2 is 1.80 bits per heavy atom. The summed E-state index contributed by atoms with van der Waals surface area (Å²) in [5, 5.41) is 5.34. The minimum Gasteiger partial charge on any atom is -0.399 e. The number of imidazole rings is 1. The summed E-state index contributed by atoms with van der Waals surface area (Å²) in [7, 11) is 0. The van der Waals surface area contributed by atoms with Gasteiger partial charge in [0.15, 0.2) is 0 Å². The number of hydrogen-bond donors (Lipinski definition) is 4. The Hall–Kier alpha value is -3.02. The lowest BCUT2D eigenvalue weighted by atomic mass is 10.3. The van der Waals surface area contributed by atoms with Crippen molar-refractivity contribution in [3.05, 3.63) is 48.5 Å². The number of fused-ring (bicyclic) bond motifs is 1. The van der Waals surface area contributed by atoms with Crippen LogP contribution in [0.5, 0.6) is 0 Å². The highest BCUT2D eigenvalue weighted by Crippen LogP contribution is 2.14. The van der Waals surface area contributed by atoms with Gasteiger partial charge in [0.2, 0.25) is 5.95 Å². The van der Waals surface area contributed by atoms with Crippen LogP contribution in [0.1, 0.15) is 0 Å². The number of amides is 2. The Bertz CT molecular complexity index is 715. The number of anilines is 3. The number of H-pyrrole nitrogens is 1. The van der Waals surface area contributed by atoms with Gasteiger partial charge in [0, 0.05) is 11.4 Å². The summed E-state index contributed by atoms with van der Waals surface area (Å²) in [6.45, 7) is 0. The second-order valence-electron chi connectivity index (χ2n) is 4.30. The zero-order chi connectivity index (χ0) is 13.9. The molecule has 0 saturated carbocycles. The highest BCUT2D eigenvalue weighted by atomic mass is 16.2. The number of carbonyl (C=O) groups excluding carboxylic acids is 1. The summed E-state index contributed by atoms with van der Waals surface area (Å²) in [4.78, 5) is 19.1. The average molecular weight is 267 g/mol. The molecule has 0 aliphatic carbocycles. The number of rotatable bonds is 2. The van der Waals surface area contributed by atoms with Crippen molar-refractivity contribution in [1.29, 1.82) is 0 Å². The number of nitrogens with two attached hydrogens (primary N) is 1. The van der Waals surface area contributed by atoms with E-state index >= 15 is 0 Å². The Morgan fingerprint density at radius 1 is 1.05 bits per heavy atom. The molecule has 1 heterocycles. The smallest absolute Gasteiger partial charge is 0.326 e. The van der Waals surface area contributed by atoms with Gasteiger partial charge in [0.05, 0.1) is 11.0 Å². The lowest BCUT2D eigenvalue weighted by molar-refractivity contribution is 0.262. The lowest BCUT2D eigenvalue weighted by Gasteiger charge is -2.05. The molecule has 6 heteroatoms. The van der Waals surface area contributed by atoms with Crippen molar-refractivity contribution < 1.29 is 4.79 Å². The first-order valence-corrected chi connectivity index (χ1v) is 6.09. The van der Waals surface area contributed by atoms with Gasteiger partial charge in [0.1, 0.15) is 0 Å². The maximum atomic E-state index is 11.8. The third-order valence-electron chi connectivity index (χ3n) is 2.79. The molecule has 20 heavy (non-hydrogen) atoms. The van der Waals surface area contributed by atoms with E-state index in [1.165, 1.54) is 0 Å². The van der Waals surface area contributed by atoms with Gasteiger partial charge in [-0.15, -0.1) is 0 Å². The molecule has 0 bridgehead atoms. The molecule has 0 saturated heterocycles. The summed E-state index contributed by atoms with van der Waals surface area (Å²) in [5.74, 6) is 0.402. The molecule has 0 radical (unpaired) electrons. The monoisotopic (exact) mass is 267 g/mol. The minimum atomic E-state index is -0.367. The van der Waals surface area contributed by atoms with Crippen LogP contribution in [0.2, 0.25) is 0 Å². The Balaban J connectivity index is 1.70. The lowest BCUT2D eigenvalue weighted by Crippen LogP contribution is -2.20. The number of para-hydroxylation sites is 2. The molecule has 2 aromatic carbocycles. The predicted octanol–water partition coefficient (Wildman–Crippen LogP) is 2.79. The summed E-state index contributed by atoms with van der Waals surface area (Å²) in [6.07, 6.45) is 0.